The number of likely N-dealkylation sites (N-methyl/N-ethyl adjacent to an activating group) is 1. The summed E-state index contributed by atoms with van der Waals surface area (Å²) in [5, 5.41) is 0. The summed E-state index contributed by atoms with van der Waals surface area (Å²) in [4.78, 5) is 13.9. The number of benzene rings is 1. The molecule has 0 N–H and O–H groups in total. The third-order valence-electron chi connectivity index (χ3n) is 4.22. The molecule has 2 rings (SSSR count). The summed E-state index contributed by atoms with van der Waals surface area (Å²) in [7, 11) is 2.15. The van der Waals surface area contributed by atoms with Crippen LogP contribution < -0.4 is 0 Å². The summed E-state index contributed by atoms with van der Waals surface area (Å²) in [5.41, 5.74) is 0.725. The predicted molar refractivity (Wildman–Crippen MR) is 74.7 cm³/mol. The number of carbonyl (C=O) groups excluding carboxylic acids is 1. The van der Waals surface area contributed by atoms with Crippen molar-refractivity contribution in [2.45, 2.75) is 44.1 Å². The first-order valence-corrected chi connectivity index (χ1v) is 6.88. The van der Waals surface area contributed by atoms with Gasteiger partial charge in [-0.1, -0.05) is 43.2 Å². The molecule has 1 fully saturated rings. The monoisotopic (exact) mass is 245 g/mol. The van der Waals surface area contributed by atoms with Crippen molar-refractivity contribution >= 4 is 6.29 Å². The minimum atomic E-state index is -0.390. The highest BCUT2D eigenvalue weighted by molar-refractivity contribution is 5.68. The Labute approximate surface area is 110 Å². The molecule has 18 heavy (non-hydrogen) atoms. The molecule has 0 saturated heterocycles. The first kappa shape index (κ1) is 13.3. The summed E-state index contributed by atoms with van der Waals surface area (Å²) in [6.07, 6.45) is 6.32. The van der Waals surface area contributed by atoms with Crippen molar-refractivity contribution in [3.05, 3.63) is 35.9 Å². The molecular weight excluding hydrogens is 222 g/mol. The fourth-order valence-corrected chi connectivity index (χ4v) is 3.01. The number of carbonyl (C=O) groups is 1. The maximum absolute atomic E-state index is 11.6. The smallest absolute Gasteiger partial charge is 0.131 e. The van der Waals surface area contributed by atoms with Crippen molar-refractivity contribution in [2.75, 3.05) is 13.6 Å². The van der Waals surface area contributed by atoms with E-state index in [2.05, 4.69) is 24.1 Å². The van der Waals surface area contributed by atoms with Gasteiger partial charge < -0.3 is 9.69 Å². The molecule has 1 aliphatic carbocycles. The Morgan fingerprint density at radius 2 is 1.89 bits per heavy atom. The van der Waals surface area contributed by atoms with Crippen LogP contribution in [0, 0.1) is 0 Å². The lowest BCUT2D eigenvalue weighted by molar-refractivity contribution is -0.112. The minimum Gasteiger partial charge on any atom is -0.302 e. The average molecular weight is 245 g/mol. The third-order valence-corrected chi connectivity index (χ3v) is 4.22. The summed E-state index contributed by atoms with van der Waals surface area (Å²) in [5.74, 6) is 0. The lowest BCUT2D eigenvalue weighted by Gasteiger charge is -2.33. The number of hydrogen-bond donors (Lipinski definition) is 0. The SMILES string of the molecule is CN(CC(C)(C=O)c1ccccc1)C1CCCC1. The topological polar surface area (TPSA) is 20.3 Å². The molecule has 0 spiro atoms. The van der Waals surface area contributed by atoms with Crippen LogP contribution in [0.3, 0.4) is 0 Å². The standard InChI is InChI=1S/C16H23NO/c1-16(13-18,14-8-4-3-5-9-14)12-17(2)15-10-6-7-11-15/h3-5,8-9,13,15H,6-7,10-12H2,1-2H3. The van der Waals surface area contributed by atoms with E-state index in [0.29, 0.717) is 6.04 Å². The van der Waals surface area contributed by atoms with Crippen LogP contribution in [0.5, 0.6) is 0 Å². The molecule has 0 aliphatic heterocycles. The van der Waals surface area contributed by atoms with Gasteiger partial charge in [0.1, 0.15) is 6.29 Å². The fourth-order valence-electron chi connectivity index (χ4n) is 3.01. The van der Waals surface area contributed by atoms with Gasteiger partial charge in [-0.3, -0.25) is 0 Å². The first-order valence-electron chi connectivity index (χ1n) is 6.88. The van der Waals surface area contributed by atoms with Crippen LogP contribution in [0.1, 0.15) is 38.2 Å². The van der Waals surface area contributed by atoms with Crippen molar-refractivity contribution in [3.8, 4) is 0 Å². The molecule has 98 valence electrons. The molecule has 1 aliphatic rings. The largest absolute Gasteiger partial charge is 0.302 e. The number of rotatable bonds is 5. The van der Waals surface area contributed by atoms with Crippen molar-refractivity contribution in [1.29, 1.82) is 0 Å². The van der Waals surface area contributed by atoms with Gasteiger partial charge in [0.05, 0.1) is 5.41 Å². The summed E-state index contributed by atoms with van der Waals surface area (Å²) in [6.45, 7) is 2.85. The second-order valence-corrected chi connectivity index (χ2v) is 5.75. The van der Waals surface area contributed by atoms with Crippen molar-refractivity contribution < 1.29 is 4.79 Å². The number of aldehydes is 1. The van der Waals surface area contributed by atoms with Gasteiger partial charge in [-0.05, 0) is 32.4 Å². The quantitative estimate of drug-likeness (QED) is 0.743. The zero-order valence-corrected chi connectivity index (χ0v) is 11.4. The van der Waals surface area contributed by atoms with Crippen LogP contribution in [0.4, 0.5) is 0 Å². The van der Waals surface area contributed by atoms with Crippen molar-refractivity contribution in [2.24, 2.45) is 0 Å². The Morgan fingerprint density at radius 3 is 2.44 bits per heavy atom. The highest BCUT2D eigenvalue weighted by Gasteiger charge is 2.30. The van der Waals surface area contributed by atoms with Crippen LogP contribution in [0.15, 0.2) is 30.3 Å². The molecule has 0 aromatic heterocycles. The Bertz CT molecular complexity index is 383. The van der Waals surface area contributed by atoms with Gasteiger partial charge in [-0.25, -0.2) is 0 Å². The van der Waals surface area contributed by atoms with Crippen LogP contribution in [-0.2, 0) is 10.2 Å². The summed E-state index contributed by atoms with van der Waals surface area (Å²) in [6, 6.07) is 10.8. The van der Waals surface area contributed by atoms with Crippen LogP contribution in [-0.4, -0.2) is 30.8 Å². The molecule has 0 amide bonds. The van der Waals surface area contributed by atoms with Gasteiger partial charge in [0.15, 0.2) is 0 Å². The van der Waals surface area contributed by atoms with Gasteiger partial charge in [0.2, 0.25) is 0 Å². The minimum absolute atomic E-state index is 0.390. The van der Waals surface area contributed by atoms with E-state index < -0.39 is 5.41 Å². The molecule has 1 aromatic carbocycles. The molecule has 0 radical (unpaired) electrons. The van der Waals surface area contributed by atoms with Crippen LogP contribution in [0.25, 0.3) is 0 Å². The zero-order chi connectivity index (χ0) is 13.0. The van der Waals surface area contributed by atoms with E-state index in [1.807, 2.05) is 25.1 Å². The van der Waals surface area contributed by atoms with E-state index in [9.17, 15) is 4.79 Å². The average Bonchev–Trinajstić information content (AvgIpc) is 2.93. The summed E-state index contributed by atoms with van der Waals surface area (Å²) >= 11 is 0. The third kappa shape index (κ3) is 2.81. The molecule has 2 heteroatoms. The van der Waals surface area contributed by atoms with Gasteiger partial charge in [0.25, 0.3) is 0 Å². The normalized spacial score (nSPS) is 19.9. The fraction of sp³-hybridized carbons (Fsp3) is 0.562. The lowest BCUT2D eigenvalue weighted by atomic mass is 9.83. The number of hydrogen-bond acceptors (Lipinski definition) is 2. The van der Waals surface area contributed by atoms with Gasteiger partial charge in [0, 0.05) is 12.6 Å². The Hall–Kier alpha value is -1.15. The van der Waals surface area contributed by atoms with E-state index in [4.69, 9.17) is 0 Å². The maximum Gasteiger partial charge on any atom is 0.131 e. The van der Waals surface area contributed by atoms with Gasteiger partial charge >= 0.3 is 0 Å². The molecule has 1 unspecified atom stereocenters. The highest BCUT2D eigenvalue weighted by atomic mass is 16.1. The number of nitrogens with zero attached hydrogens (tertiary/aromatic N) is 1. The van der Waals surface area contributed by atoms with Crippen molar-refractivity contribution in [3.63, 3.8) is 0 Å². The van der Waals surface area contributed by atoms with Crippen LogP contribution in [0.2, 0.25) is 0 Å². The van der Waals surface area contributed by atoms with E-state index in [0.717, 1.165) is 18.4 Å². The molecular formula is C16H23NO. The Balaban J connectivity index is 2.10. The lowest BCUT2D eigenvalue weighted by Crippen LogP contribution is -2.42. The molecule has 2 nitrogen and oxygen atoms in total. The highest BCUT2D eigenvalue weighted by Crippen LogP contribution is 2.27. The maximum atomic E-state index is 11.6. The predicted octanol–water partition coefficient (Wildman–Crippen LogP) is 3.02. The zero-order valence-electron chi connectivity index (χ0n) is 11.4. The Kier molecular flexibility index (Phi) is 4.18. The van der Waals surface area contributed by atoms with E-state index in [1.54, 1.807) is 0 Å². The van der Waals surface area contributed by atoms with Crippen LogP contribution >= 0.6 is 0 Å². The van der Waals surface area contributed by atoms with E-state index in [1.165, 1.54) is 25.7 Å². The van der Waals surface area contributed by atoms with Crippen molar-refractivity contribution in [1.82, 2.24) is 4.90 Å². The van der Waals surface area contributed by atoms with E-state index >= 15 is 0 Å². The summed E-state index contributed by atoms with van der Waals surface area (Å²) < 4.78 is 0. The molecule has 0 heterocycles. The molecule has 1 aromatic rings. The van der Waals surface area contributed by atoms with E-state index in [-0.39, 0.29) is 0 Å². The second kappa shape index (κ2) is 5.66. The second-order valence-electron chi connectivity index (χ2n) is 5.75. The van der Waals surface area contributed by atoms with Gasteiger partial charge in [-0.15, -0.1) is 0 Å². The Morgan fingerprint density at radius 1 is 1.28 bits per heavy atom. The molecule has 1 saturated carbocycles. The molecule has 0 bridgehead atoms. The molecule has 1 atom stereocenters. The van der Waals surface area contributed by atoms with Gasteiger partial charge in [-0.2, -0.15) is 0 Å². The first-order chi connectivity index (χ1) is 8.65.